The van der Waals surface area contributed by atoms with E-state index in [1.165, 1.54) is 0 Å². The highest BCUT2D eigenvalue weighted by Crippen LogP contribution is 2.34. The second-order valence-corrected chi connectivity index (χ2v) is 5.15. The Kier molecular flexibility index (Phi) is 3.71. The van der Waals surface area contributed by atoms with Crippen molar-refractivity contribution in [2.45, 2.75) is 19.8 Å². The highest BCUT2D eigenvalue weighted by Gasteiger charge is 2.26. The van der Waals surface area contributed by atoms with Crippen LogP contribution in [0.3, 0.4) is 0 Å². The number of halogens is 1. The summed E-state index contributed by atoms with van der Waals surface area (Å²) in [5.41, 5.74) is 1.58. The minimum atomic E-state index is 0.0324. The van der Waals surface area contributed by atoms with E-state index in [2.05, 4.69) is 15.9 Å². The molecule has 0 aromatic heterocycles. The Hall–Kier alpha value is -1.36. The largest absolute Gasteiger partial charge is 0.313 e. The molecule has 0 radical (unpaired) electrons. The fourth-order valence-electron chi connectivity index (χ4n) is 2.08. The Labute approximate surface area is 115 Å². The number of benzene rings is 1. The van der Waals surface area contributed by atoms with E-state index in [9.17, 15) is 9.59 Å². The summed E-state index contributed by atoms with van der Waals surface area (Å²) in [5, 5.41) is 0. The molecule has 96 valence electrons. The van der Waals surface area contributed by atoms with Crippen LogP contribution in [0.5, 0.6) is 0 Å². The average molecular weight is 311 g/mol. The zero-order chi connectivity index (χ0) is 13.3. The third-order valence-electron chi connectivity index (χ3n) is 3.12. The SMILES string of the molecule is CCC(=O)N1CCC(=O)N(C)c2ccc(Br)cc21. The molecule has 0 unspecified atom stereocenters. The van der Waals surface area contributed by atoms with Gasteiger partial charge in [-0.1, -0.05) is 22.9 Å². The van der Waals surface area contributed by atoms with Crippen LogP contribution in [0.1, 0.15) is 19.8 Å². The van der Waals surface area contributed by atoms with Gasteiger partial charge in [-0.25, -0.2) is 0 Å². The van der Waals surface area contributed by atoms with Gasteiger partial charge in [-0.05, 0) is 18.2 Å². The number of carbonyl (C=O) groups excluding carboxylic acids is 2. The third-order valence-corrected chi connectivity index (χ3v) is 3.61. The summed E-state index contributed by atoms with van der Waals surface area (Å²) in [4.78, 5) is 27.2. The molecule has 4 nitrogen and oxygen atoms in total. The molecule has 0 spiro atoms. The van der Waals surface area contributed by atoms with Crippen LogP contribution in [0.15, 0.2) is 22.7 Å². The van der Waals surface area contributed by atoms with E-state index in [1.54, 1.807) is 16.8 Å². The Morgan fingerprint density at radius 1 is 1.39 bits per heavy atom. The van der Waals surface area contributed by atoms with Crippen molar-refractivity contribution in [2.75, 3.05) is 23.4 Å². The number of amides is 2. The number of hydrogen-bond donors (Lipinski definition) is 0. The molecule has 0 N–H and O–H groups in total. The van der Waals surface area contributed by atoms with Crippen molar-refractivity contribution in [3.63, 3.8) is 0 Å². The van der Waals surface area contributed by atoms with Gasteiger partial charge in [-0.15, -0.1) is 0 Å². The monoisotopic (exact) mass is 310 g/mol. The number of nitrogens with zero attached hydrogens (tertiary/aromatic N) is 2. The van der Waals surface area contributed by atoms with Crippen molar-refractivity contribution >= 4 is 39.1 Å². The van der Waals surface area contributed by atoms with Gasteiger partial charge in [0, 0.05) is 30.9 Å². The van der Waals surface area contributed by atoms with E-state index in [0.29, 0.717) is 19.4 Å². The summed E-state index contributed by atoms with van der Waals surface area (Å²) < 4.78 is 0.901. The smallest absolute Gasteiger partial charge is 0.228 e. The van der Waals surface area contributed by atoms with Crippen LogP contribution < -0.4 is 9.80 Å². The molecule has 0 atom stereocenters. The quantitative estimate of drug-likeness (QED) is 0.800. The fourth-order valence-corrected chi connectivity index (χ4v) is 2.43. The first-order valence-corrected chi connectivity index (χ1v) is 6.70. The minimum absolute atomic E-state index is 0.0324. The van der Waals surface area contributed by atoms with Gasteiger partial charge in [0.15, 0.2) is 0 Å². The third kappa shape index (κ3) is 2.27. The average Bonchev–Trinajstić information content (AvgIpc) is 2.48. The van der Waals surface area contributed by atoms with Gasteiger partial charge >= 0.3 is 0 Å². The number of anilines is 2. The molecule has 5 heteroatoms. The van der Waals surface area contributed by atoms with Crippen molar-refractivity contribution < 1.29 is 9.59 Å². The summed E-state index contributed by atoms with van der Waals surface area (Å²) >= 11 is 3.41. The Bertz CT molecular complexity index is 502. The van der Waals surface area contributed by atoms with Crippen molar-refractivity contribution in [2.24, 2.45) is 0 Å². The van der Waals surface area contributed by atoms with E-state index in [1.807, 2.05) is 25.1 Å². The molecule has 1 aliphatic heterocycles. The minimum Gasteiger partial charge on any atom is -0.313 e. The van der Waals surface area contributed by atoms with Crippen LogP contribution in [-0.4, -0.2) is 25.4 Å². The van der Waals surface area contributed by atoms with Crippen LogP contribution in [0.25, 0.3) is 0 Å². The molecule has 0 aliphatic carbocycles. The highest BCUT2D eigenvalue weighted by atomic mass is 79.9. The van der Waals surface area contributed by atoms with E-state index in [0.717, 1.165) is 15.8 Å². The second kappa shape index (κ2) is 5.10. The van der Waals surface area contributed by atoms with Crippen molar-refractivity contribution in [3.8, 4) is 0 Å². The molecule has 2 amide bonds. The van der Waals surface area contributed by atoms with Gasteiger partial charge in [-0.3, -0.25) is 9.59 Å². The lowest BCUT2D eigenvalue weighted by Crippen LogP contribution is -2.31. The van der Waals surface area contributed by atoms with Crippen LogP contribution in [-0.2, 0) is 9.59 Å². The summed E-state index contributed by atoms with van der Waals surface area (Å²) in [6.07, 6.45) is 0.790. The Balaban J connectivity index is 2.55. The zero-order valence-corrected chi connectivity index (χ0v) is 12.0. The fraction of sp³-hybridized carbons (Fsp3) is 0.385. The lowest BCUT2D eigenvalue weighted by molar-refractivity contribution is -0.118. The van der Waals surface area contributed by atoms with E-state index in [4.69, 9.17) is 0 Å². The van der Waals surface area contributed by atoms with Crippen molar-refractivity contribution in [3.05, 3.63) is 22.7 Å². The lowest BCUT2D eigenvalue weighted by Gasteiger charge is -2.23. The molecule has 0 fully saturated rings. The van der Waals surface area contributed by atoms with Crippen LogP contribution in [0, 0.1) is 0 Å². The van der Waals surface area contributed by atoms with Crippen molar-refractivity contribution in [1.29, 1.82) is 0 Å². The molecular formula is C13H15BrN2O2. The second-order valence-electron chi connectivity index (χ2n) is 4.23. The highest BCUT2D eigenvalue weighted by molar-refractivity contribution is 9.10. The molecule has 0 saturated heterocycles. The van der Waals surface area contributed by atoms with Gasteiger partial charge in [-0.2, -0.15) is 0 Å². The van der Waals surface area contributed by atoms with E-state index >= 15 is 0 Å². The molecule has 1 aromatic carbocycles. The number of carbonyl (C=O) groups is 2. The van der Waals surface area contributed by atoms with Gasteiger partial charge in [0.05, 0.1) is 11.4 Å². The van der Waals surface area contributed by atoms with Crippen LogP contribution in [0.2, 0.25) is 0 Å². The van der Waals surface area contributed by atoms with Gasteiger partial charge in [0.2, 0.25) is 11.8 Å². The maximum absolute atomic E-state index is 12.0. The normalized spacial score (nSPS) is 15.4. The summed E-state index contributed by atoms with van der Waals surface area (Å²) in [6.45, 7) is 2.27. The molecule has 18 heavy (non-hydrogen) atoms. The summed E-state index contributed by atoms with van der Waals surface area (Å²) in [7, 11) is 1.75. The maximum atomic E-state index is 12.0. The van der Waals surface area contributed by atoms with Gasteiger partial charge in [0.25, 0.3) is 0 Å². The van der Waals surface area contributed by atoms with Crippen LogP contribution in [0.4, 0.5) is 11.4 Å². The van der Waals surface area contributed by atoms with E-state index < -0.39 is 0 Å². The number of rotatable bonds is 1. The number of hydrogen-bond acceptors (Lipinski definition) is 2. The molecule has 1 aromatic rings. The predicted molar refractivity (Wildman–Crippen MR) is 74.8 cm³/mol. The summed E-state index contributed by atoms with van der Waals surface area (Å²) in [5.74, 6) is 0.0717. The van der Waals surface area contributed by atoms with Crippen LogP contribution >= 0.6 is 15.9 Å². The first-order chi connectivity index (χ1) is 8.54. The molecular weight excluding hydrogens is 296 g/mol. The van der Waals surface area contributed by atoms with Gasteiger partial charge < -0.3 is 9.80 Å². The van der Waals surface area contributed by atoms with Crippen molar-refractivity contribution in [1.82, 2.24) is 0 Å². The molecule has 1 aliphatic rings. The Morgan fingerprint density at radius 3 is 2.78 bits per heavy atom. The molecule has 1 heterocycles. The Morgan fingerprint density at radius 2 is 2.11 bits per heavy atom. The maximum Gasteiger partial charge on any atom is 0.228 e. The van der Waals surface area contributed by atoms with Gasteiger partial charge in [0.1, 0.15) is 0 Å². The zero-order valence-electron chi connectivity index (χ0n) is 10.4. The first-order valence-electron chi connectivity index (χ1n) is 5.91. The van der Waals surface area contributed by atoms with E-state index in [-0.39, 0.29) is 11.8 Å². The lowest BCUT2D eigenvalue weighted by atomic mass is 10.2. The number of fused-ring (bicyclic) bond motifs is 1. The summed E-state index contributed by atoms with van der Waals surface area (Å²) in [6, 6.07) is 5.62. The first kappa shape index (κ1) is 13.1. The predicted octanol–water partition coefficient (Wildman–Crippen LogP) is 2.56. The standard InChI is InChI=1S/C13H15BrN2O2/c1-3-12(17)16-7-6-13(18)15(2)10-5-4-9(14)8-11(10)16/h4-5,8H,3,6-7H2,1-2H3. The topological polar surface area (TPSA) is 40.6 Å². The molecule has 0 bridgehead atoms. The molecule has 0 saturated carbocycles. The molecule has 2 rings (SSSR count).